The van der Waals surface area contributed by atoms with Crippen molar-refractivity contribution in [1.29, 1.82) is 0 Å². The fraction of sp³-hybridized carbons (Fsp3) is 0.889. The Hall–Kier alpha value is -0.980. The maximum atomic E-state index is 11.0. The van der Waals surface area contributed by atoms with Crippen LogP contribution < -0.4 is 0 Å². The van der Waals surface area contributed by atoms with Crippen molar-refractivity contribution in [2.24, 2.45) is 11.8 Å². The first-order chi connectivity index (χ1) is 11.7. The minimum Gasteiger partial charge on any atom is -0.394 e. The molecule has 0 radical (unpaired) electrons. The van der Waals surface area contributed by atoms with Gasteiger partial charge in [-0.2, -0.15) is 0 Å². The molecule has 2 unspecified atom stereocenters. The van der Waals surface area contributed by atoms with E-state index in [0.29, 0.717) is 19.8 Å². The lowest BCUT2D eigenvalue weighted by Gasteiger charge is -2.18. The van der Waals surface area contributed by atoms with Crippen LogP contribution in [0, 0.1) is 11.8 Å². The number of fused-ring (bicyclic) bond motifs is 1. The minimum atomic E-state index is -0.292. The van der Waals surface area contributed by atoms with Crippen molar-refractivity contribution in [3.63, 3.8) is 0 Å². The van der Waals surface area contributed by atoms with Crippen LogP contribution in [0.3, 0.4) is 0 Å². The van der Waals surface area contributed by atoms with Gasteiger partial charge in [0.25, 0.3) is 0 Å². The van der Waals surface area contributed by atoms with Crippen molar-refractivity contribution < 1.29 is 28.9 Å². The number of aliphatic hydroxyl groups is 1. The van der Waals surface area contributed by atoms with E-state index >= 15 is 0 Å². The Kier molecular flexibility index (Phi) is 11.7. The molecule has 1 saturated carbocycles. The van der Waals surface area contributed by atoms with Crippen molar-refractivity contribution in [3.05, 3.63) is 0 Å². The number of aliphatic hydroxyl groups excluding tert-OH is 1. The number of esters is 2. The second-order valence-corrected chi connectivity index (χ2v) is 6.25. The Balaban J connectivity index is 0.000000242. The number of ether oxygens (including phenoxy) is 3. The molecule has 0 aromatic heterocycles. The van der Waals surface area contributed by atoms with Crippen LogP contribution in [0.2, 0.25) is 0 Å². The third-order valence-corrected chi connectivity index (χ3v) is 4.32. The van der Waals surface area contributed by atoms with Crippen LogP contribution >= 0.6 is 0 Å². The van der Waals surface area contributed by atoms with Gasteiger partial charge in [-0.05, 0) is 19.3 Å². The van der Waals surface area contributed by atoms with E-state index in [-0.39, 0.29) is 30.4 Å². The molecule has 1 N–H and O–H groups in total. The summed E-state index contributed by atoms with van der Waals surface area (Å²) in [5.41, 5.74) is 0. The molecule has 2 rings (SSSR count). The Bertz CT molecular complexity index is 325. The number of hydrogen-bond donors (Lipinski definition) is 1. The van der Waals surface area contributed by atoms with E-state index in [9.17, 15) is 9.59 Å². The van der Waals surface area contributed by atoms with Crippen molar-refractivity contribution in [2.45, 2.75) is 58.3 Å². The van der Waals surface area contributed by atoms with Gasteiger partial charge in [0.2, 0.25) is 0 Å². The smallest absolute Gasteiger partial charge is 0.317 e. The highest BCUT2D eigenvalue weighted by Gasteiger charge is 2.44. The molecule has 2 fully saturated rings. The van der Waals surface area contributed by atoms with Crippen LogP contribution in [-0.2, 0) is 23.8 Å². The van der Waals surface area contributed by atoms with E-state index in [0.717, 1.165) is 38.7 Å². The van der Waals surface area contributed by atoms with E-state index in [4.69, 9.17) is 14.6 Å². The third-order valence-electron chi connectivity index (χ3n) is 4.32. The first-order valence-corrected chi connectivity index (χ1v) is 9.22. The van der Waals surface area contributed by atoms with Gasteiger partial charge in [-0.25, -0.2) is 0 Å². The predicted molar refractivity (Wildman–Crippen MR) is 89.4 cm³/mol. The molecule has 1 heterocycles. The standard InChI is InChI=1S/C10H22O3.C8H10O3/c1-2-3-4-5-7-12-9-10-13-8-6-11;9-7-5-3-1-2-4-6(5)8(10)11-7/h11H,2-10H2,1H3;5-6H,1-4H2. The van der Waals surface area contributed by atoms with E-state index in [2.05, 4.69) is 11.7 Å². The van der Waals surface area contributed by atoms with E-state index in [1.54, 1.807) is 0 Å². The highest BCUT2D eigenvalue weighted by Crippen LogP contribution is 2.36. The van der Waals surface area contributed by atoms with Gasteiger partial charge >= 0.3 is 11.9 Å². The van der Waals surface area contributed by atoms with Gasteiger partial charge in [0.15, 0.2) is 0 Å². The molecule has 6 heteroatoms. The predicted octanol–water partition coefficient (Wildman–Crippen LogP) is 2.47. The van der Waals surface area contributed by atoms with Gasteiger partial charge in [-0.3, -0.25) is 9.59 Å². The Labute approximate surface area is 144 Å². The van der Waals surface area contributed by atoms with Gasteiger partial charge in [0.1, 0.15) is 0 Å². The molecular formula is C18H32O6. The first-order valence-electron chi connectivity index (χ1n) is 9.22. The molecule has 2 aliphatic rings. The van der Waals surface area contributed by atoms with Crippen LogP contribution in [0.4, 0.5) is 0 Å². The maximum Gasteiger partial charge on any atom is 0.317 e. The molecular weight excluding hydrogens is 312 g/mol. The zero-order valence-corrected chi connectivity index (χ0v) is 14.8. The summed E-state index contributed by atoms with van der Waals surface area (Å²) in [4.78, 5) is 22.0. The van der Waals surface area contributed by atoms with Gasteiger partial charge in [-0.1, -0.05) is 39.0 Å². The van der Waals surface area contributed by atoms with Gasteiger partial charge in [0, 0.05) is 6.61 Å². The Morgan fingerprint density at radius 1 is 0.917 bits per heavy atom. The number of unbranched alkanes of at least 4 members (excludes halogenated alkanes) is 3. The molecule has 1 aliphatic carbocycles. The normalized spacial score (nSPS) is 22.6. The monoisotopic (exact) mass is 344 g/mol. The zero-order chi connectivity index (χ0) is 17.6. The molecule has 0 spiro atoms. The lowest BCUT2D eigenvalue weighted by Crippen LogP contribution is -2.21. The lowest BCUT2D eigenvalue weighted by molar-refractivity contribution is -0.153. The summed E-state index contributed by atoms with van der Waals surface area (Å²) in [6.45, 7) is 4.78. The molecule has 6 nitrogen and oxygen atoms in total. The molecule has 140 valence electrons. The molecule has 2 atom stereocenters. The van der Waals surface area contributed by atoms with Gasteiger partial charge in [0.05, 0.1) is 38.3 Å². The first kappa shape index (κ1) is 21.1. The van der Waals surface area contributed by atoms with E-state index < -0.39 is 0 Å². The van der Waals surface area contributed by atoms with Crippen molar-refractivity contribution in [1.82, 2.24) is 0 Å². The van der Waals surface area contributed by atoms with Crippen molar-refractivity contribution in [3.8, 4) is 0 Å². The summed E-state index contributed by atoms with van der Waals surface area (Å²) < 4.78 is 14.9. The number of rotatable bonds is 10. The fourth-order valence-corrected chi connectivity index (χ4v) is 2.96. The van der Waals surface area contributed by atoms with Crippen LogP contribution in [0.5, 0.6) is 0 Å². The largest absolute Gasteiger partial charge is 0.394 e. The molecule has 1 saturated heterocycles. The van der Waals surface area contributed by atoms with Gasteiger partial charge < -0.3 is 19.3 Å². The summed E-state index contributed by atoms with van der Waals surface area (Å²) in [6, 6.07) is 0. The molecule has 1 aliphatic heterocycles. The number of cyclic esters (lactones) is 2. The summed E-state index contributed by atoms with van der Waals surface area (Å²) in [7, 11) is 0. The topological polar surface area (TPSA) is 82.1 Å². The second-order valence-electron chi connectivity index (χ2n) is 6.25. The number of carbonyl (C=O) groups excluding carboxylic acids is 2. The lowest BCUT2D eigenvalue weighted by atomic mass is 9.81. The van der Waals surface area contributed by atoms with Crippen molar-refractivity contribution >= 4 is 11.9 Å². The highest BCUT2D eigenvalue weighted by atomic mass is 16.6. The maximum absolute atomic E-state index is 11.0. The Morgan fingerprint density at radius 3 is 2.04 bits per heavy atom. The molecule has 0 bridgehead atoms. The SMILES string of the molecule is CCCCCCOCCOCCO.O=C1OC(=O)C2CCCCC12. The molecule has 0 amide bonds. The van der Waals surface area contributed by atoms with Gasteiger partial charge in [-0.15, -0.1) is 0 Å². The summed E-state index contributed by atoms with van der Waals surface area (Å²) in [5, 5.41) is 8.40. The summed E-state index contributed by atoms with van der Waals surface area (Å²) >= 11 is 0. The average molecular weight is 344 g/mol. The zero-order valence-electron chi connectivity index (χ0n) is 14.8. The molecule has 0 aromatic carbocycles. The van der Waals surface area contributed by atoms with Crippen molar-refractivity contribution in [2.75, 3.05) is 33.0 Å². The minimum absolute atomic E-state index is 0.0938. The fourth-order valence-electron chi connectivity index (χ4n) is 2.96. The Morgan fingerprint density at radius 2 is 1.50 bits per heavy atom. The molecule has 0 aromatic rings. The third kappa shape index (κ3) is 8.22. The second kappa shape index (κ2) is 13.3. The van der Waals surface area contributed by atoms with Crippen LogP contribution in [0.1, 0.15) is 58.3 Å². The average Bonchev–Trinajstić information content (AvgIpc) is 2.89. The summed E-state index contributed by atoms with van der Waals surface area (Å²) in [5.74, 6) is -0.785. The van der Waals surface area contributed by atoms with Crippen LogP contribution in [-0.4, -0.2) is 50.1 Å². The van der Waals surface area contributed by atoms with E-state index in [1.165, 1.54) is 19.3 Å². The summed E-state index contributed by atoms with van der Waals surface area (Å²) in [6.07, 6.45) is 8.77. The number of hydrogen-bond acceptors (Lipinski definition) is 6. The quantitative estimate of drug-likeness (QED) is 0.372. The van der Waals surface area contributed by atoms with Crippen LogP contribution in [0.15, 0.2) is 0 Å². The molecule has 24 heavy (non-hydrogen) atoms. The van der Waals surface area contributed by atoms with Crippen LogP contribution in [0.25, 0.3) is 0 Å². The highest BCUT2D eigenvalue weighted by molar-refractivity contribution is 5.96. The number of carbonyl (C=O) groups is 2. The van der Waals surface area contributed by atoms with E-state index in [1.807, 2.05) is 0 Å².